The zero-order valence-corrected chi connectivity index (χ0v) is 25.1. The van der Waals surface area contributed by atoms with Gasteiger partial charge in [-0.1, -0.05) is 0 Å². The lowest BCUT2D eigenvalue weighted by Gasteiger charge is -2.13. The quantitative estimate of drug-likeness (QED) is 0.176. The van der Waals surface area contributed by atoms with Gasteiger partial charge in [0.25, 0.3) is 0 Å². The van der Waals surface area contributed by atoms with Crippen LogP contribution < -0.4 is 28.4 Å². The van der Waals surface area contributed by atoms with E-state index in [0.29, 0.717) is 79.6 Å². The first-order chi connectivity index (χ1) is 20.5. The van der Waals surface area contributed by atoms with Gasteiger partial charge in [-0.15, -0.1) is 0 Å². The van der Waals surface area contributed by atoms with Crippen LogP contribution in [0.5, 0.6) is 34.5 Å². The molecule has 0 saturated carbocycles. The fraction of sp³-hybridized carbons (Fsp3) is 0.133. The van der Waals surface area contributed by atoms with E-state index in [4.69, 9.17) is 47.2 Å². The van der Waals surface area contributed by atoms with Crippen LogP contribution >= 0.6 is 31.9 Å². The van der Waals surface area contributed by atoms with Crippen molar-refractivity contribution in [1.29, 1.82) is 0 Å². The second-order valence-electron chi connectivity index (χ2n) is 9.45. The Morgan fingerprint density at radius 3 is 1.31 bits per heavy atom. The molecule has 4 heterocycles. The number of hydrogen-bond acceptors (Lipinski definition) is 10. The molecule has 4 aromatic carbocycles. The zero-order valence-electron chi connectivity index (χ0n) is 21.9. The summed E-state index contributed by atoms with van der Waals surface area (Å²) in [5, 5.41) is 0. The zero-order chi connectivity index (χ0) is 28.5. The van der Waals surface area contributed by atoms with Crippen molar-refractivity contribution >= 4 is 54.1 Å². The molecule has 10 nitrogen and oxygen atoms in total. The summed E-state index contributed by atoms with van der Waals surface area (Å²) in [5.41, 5.74) is 5.23. The maximum atomic E-state index is 6.29. The number of nitrogens with zero attached hydrogens (tertiary/aromatic N) is 2. The molecule has 0 fully saturated rings. The van der Waals surface area contributed by atoms with Gasteiger partial charge >= 0.3 is 0 Å². The number of halogens is 2. The van der Waals surface area contributed by atoms with Crippen molar-refractivity contribution in [3.8, 4) is 68.5 Å². The predicted octanol–water partition coefficient (Wildman–Crippen LogP) is 7.97. The first kappa shape index (κ1) is 25.3. The van der Waals surface area contributed by atoms with Crippen LogP contribution in [0.1, 0.15) is 0 Å². The Balaban J connectivity index is 1.39. The van der Waals surface area contributed by atoms with E-state index in [2.05, 4.69) is 31.9 Å². The third-order valence-corrected chi connectivity index (χ3v) is 8.30. The molecule has 0 N–H and O–H groups in total. The minimum absolute atomic E-state index is 0.101. The molecule has 2 aliphatic rings. The fourth-order valence-corrected chi connectivity index (χ4v) is 6.10. The summed E-state index contributed by atoms with van der Waals surface area (Å²) in [6, 6.07) is 14.8. The van der Waals surface area contributed by atoms with Crippen molar-refractivity contribution in [2.24, 2.45) is 0 Å². The van der Waals surface area contributed by atoms with Crippen molar-refractivity contribution in [3.05, 3.63) is 57.5 Å². The smallest absolute Gasteiger partial charge is 0.231 e. The molecular formula is C30H18Br2N2O8. The Morgan fingerprint density at radius 2 is 0.929 bits per heavy atom. The van der Waals surface area contributed by atoms with Crippen molar-refractivity contribution in [2.75, 3.05) is 27.8 Å². The van der Waals surface area contributed by atoms with Gasteiger partial charge in [-0.2, -0.15) is 0 Å². The second kappa shape index (κ2) is 9.57. The van der Waals surface area contributed by atoms with E-state index in [0.717, 1.165) is 20.1 Å². The van der Waals surface area contributed by atoms with Gasteiger partial charge in [0.2, 0.25) is 25.4 Å². The minimum atomic E-state index is 0.101. The number of benzene rings is 4. The largest absolute Gasteiger partial charge is 0.497 e. The van der Waals surface area contributed by atoms with E-state index in [1.807, 2.05) is 36.4 Å². The highest BCUT2D eigenvalue weighted by Crippen LogP contribution is 2.50. The monoisotopic (exact) mass is 692 g/mol. The van der Waals surface area contributed by atoms with Gasteiger partial charge in [-0.3, -0.25) is 0 Å². The third-order valence-electron chi connectivity index (χ3n) is 7.09. The summed E-state index contributed by atoms with van der Waals surface area (Å²) in [5.74, 6) is 4.35. The van der Waals surface area contributed by atoms with Crippen molar-refractivity contribution in [3.63, 3.8) is 0 Å². The van der Waals surface area contributed by atoms with Gasteiger partial charge < -0.3 is 37.3 Å². The highest BCUT2D eigenvalue weighted by atomic mass is 79.9. The number of oxazole rings is 2. The molecule has 0 bridgehead atoms. The van der Waals surface area contributed by atoms with Crippen LogP contribution in [0.25, 0.3) is 56.2 Å². The van der Waals surface area contributed by atoms with Crippen LogP contribution in [0.3, 0.4) is 0 Å². The highest BCUT2D eigenvalue weighted by Gasteiger charge is 2.28. The van der Waals surface area contributed by atoms with Crippen molar-refractivity contribution in [1.82, 2.24) is 9.97 Å². The minimum Gasteiger partial charge on any atom is -0.497 e. The van der Waals surface area contributed by atoms with Crippen LogP contribution in [-0.2, 0) is 0 Å². The Hall–Kier alpha value is -4.42. The standard InChI is InChI=1S/C30H18Br2N2O8/c1-35-13-3-19(31)27-25(5-13)41-29(33-27)17-9-23-21(37-11-39-23)7-15(17)16-8-22-24(40-12-38-22)10-18(16)30-34-28-20(32)4-14(36-2)6-26(28)42-30/h3-10H,11-12H2,1-2H3. The van der Waals surface area contributed by atoms with Crippen LogP contribution in [0.15, 0.2) is 66.3 Å². The molecule has 0 atom stereocenters. The Kier molecular flexibility index (Phi) is 5.76. The lowest BCUT2D eigenvalue weighted by molar-refractivity contribution is 0.173. The fourth-order valence-electron chi connectivity index (χ4n) is 5.08. The van der Waals surface area contributed by atoms with Crippen LogP contribution in [0.4, 0.5) is 0 Å². The average molecular weight is 694 g/mol. The molecule has 12 heteroatoms. The number of fused-ring (bicyclic) bond motifs is 4. The third kappa shape index (κ3) is 3.97. The lowest BCUT2D eigenvalue weighted by Crippen LogP contribution is -1.93. The SMILES string of the molecule is COc1cc(Br)c2nc(-c3cc4c(cc3-c3cc5c(cc3-c3nc6c(Br)cc(OC)cc6o3)OCO5)OCO4)oc2c1. The molecular weight excluding hydrogens is 676 g/mol. The Morgan fingerprint density at radius 1 is 0.548 bits per heavy atom. The first-order valence-corrected chi connectivity index (χ1v) is 14.2. The van der Waals surface area contributed by atoms with E-state index in [1.165, 1.54) is 0 Å². The normalized spacial score (nSPS) is 13.3. The molecule has 42 heavy (non-hydrogen) atoms. The van der Waals surface area contributed by atoms with Crippen molar-refractivity contribution < 1.29 is 37.3 Å². The summed E-state index contributed by atoms with van der Waals surface area (Å²) < 4.78 is 47.9. The van der Waals surface area contributed by atoms with Gasteiger partial charge in [0.05, 0.1) is 23.2 Å². The summed E-state index contributed by atoms with van der Waals surface area (Å²) in [7, 11) is 3.20. The average Bonchev–Trinajstić information content (AvgIpc) is 3.80. The molecule has 2 aromatic heterocycles. The molecule has 2 aliphatic heterocycles. The molecule has 0 amide bonds. The highest BCUT2D eigenvalue weighted by molar-refractivity contribution is 9.11. The second-order valence-corrected chi connectivity index (χ2v) is 11.2. The van der Waals surface area contributed by atoms with E-state index in [-0.39, 0.29) is 13.6 Å². The maximum Gasteiger partial charge on any atom is 0.231 e. The molecule has 0 unspecified atom stereocenters. The molecule has 210 valence electrons. The summed E-state index contributed by atoms with van der Waals surface area (Å²) in [4.78, 5) is 9.66. The van der Waals surface area contributed by atoms with Gasteiger partial charge in [0, 0.05) is 23.3 Å². The number of aromatic nitrogens is 2. The number of ether oxygens (including phenoxy) is 6. The summed E-state index contributed by atoms with van der Waals surface area (Å²) in [6.07, 6.45) is 0. The van der Waals surface area contributed by atoms with Gasteiger partial charge in [0.1, 0.15) is 22.5 Å². The van der Waals surface area contributed by atoms with Gasteiger partial charge in [-0.25, -0.2) is 9.97 Å². The van der Waals surface area contributed by atoms with Crippen molar-refractivity contribution in [2.45, 2.75) is 0 Å². The predicted molar refractivity (Wildman–Crippen MR) is 159 cm³/mol. The van der Waals surface area contributed by atoms with Crippen LogP contribution in [0.2, 0.25) is 0 Å². The van der Waals surface area contributed by atoms with Crippen LogP contribution in [-0.4, -0.2) is 37.8 Å². The number of methoxy groups -OCH3 is 2. The molecule has 0 saturated heterocycles. The number of rotatable bonds is 5. The van der Waals surface area contributed by atoms with E-state index in [9.17, 15) is 0 Å². The molecule has 8 rings (SSSR count). The molecule has 0 spiro atoms. The summed E-state index contributed by atoms with van der Waals surface area (Å²) >= 11 is 7.17. The Labute approximate surface area is 254 Å². The molecule has 6 aromatic rings. The van der Waals surface area contributed by atoms with Gasteiger partial charge in [-0.05, 0) is 79.4 Å². The maximum absolute atomic E-state index is 6.29. The molecule has 0 aliphatic carbocycles. The van der Waals surface area contributed by atoms with Gasteiger partial charge in [0.15, 0.2) is 34.2 Å². The Bertz CT molecular complexity index is 1920. The van der Waals surface area contributed by atoms with E-state index >= 15 is 0 Å². The first-order valence-electron chi connectivity index (χ1n) is 12.7. The topological polar surface area (TPSA) is 107 Å². The van der Waals surface area contributed by atoms with E-state index in [1.54, 1.807) is 26.4 Å². The van der Waals surface area contributed by atoms with E-state index < -0.39 is 0 Å². The van der Waals surface area contributed by atoms with Crippen LogP contribution in [0, 0.1) is 0 Å². The molecule has 0 radical (unpaired) electrons. The lowest BCUT2D eigenvalue weighted by atomic mass is 9.93. The summed E-state index contributed by atoms with van der Waals surface area (Å²) in [6.45, 7) is 0.201. The number of hydrogen-bond donors (Lipinski definition) is 0.